The normalized spacial score (nSPS) is 16.6. The minimum atomic E-state index is -1.30. The number of fused-ring (bicyclic) bond motifs is 1. The number of hydrogen-bond acceptors (Lipinski definition) is 7. The van der Waals surface area contributed by atoms with E-state index in [1.165, 1.54) is 10.8 Å². The third kappa shape index (κ3) is 3.59. The number of piperidine rings is 1. The van der Waals surface area contributed by atoms with Crippen molar-refractivity contribution in [2.75, 3.05) is 18.8 Å². The van der Waals surface area contributed by atoms with Gasteiger partial charge in [-0.3, -0.25) is 4.90 Å². The number of hydrogen-bond donors (Lipinski definition) is 2. The lowest BCUT2D eigenvalue weighted by molar-refractivity contribution is -0.0317. The molecule has 1 fully saturated rings. The van der Waals surface area contributed by atoms with Gasteiger partial charge in [-0.15, -0.1) is 5.10 Å². The summed E-state index contributed by atoms with van der Waals surface area (Å²) in [6, 6.07) is 4.76. The lowest BCUT2D eigenvalue weighted by Crippen LogP contribution is -2.43. The van der Waals surface area contributed by atoms with Crippen LogP contribution in [-0.2, 0) is 12.1 Å². The van der Waals surface area contributed by atoms with Crippen molar-refractivity contribution in [2.24, 2.45) is 0 Å². The van der Waals surface area contributed by atoms with Crippen LogP contribution in [0.4, 0.5) is 19.0 Å². The van der Waals surface area contributed by atoms with Crippen molar-refractivity contribution in [1.82, 2.24) is 24.5 Å². The van der Waals surface area contributed by atoms with Crippen LogP contribution in [0.3, 0.4) is 0 Å². The summed E-state index contributed by atoms with van der Waals surface area (Å²) in [5.74, 6) is -1.89. The Bertz CT molecular complexity index is 1260. The molecule has 8 nitrogen and oxygen atoms in total. The number of nitrogens with two attached hydrogens (primary N) is 1. The predicted molar refractivity (Wildman–Crippen MR) is 108 cm³/mol. The summed E-state index contributed by atoms with van der Waals surface area (Å²) in [6.45, 7) is 0.668. The van der Waals surface area contributed by atoms with Gasteiger partial charge >= 0.3 is 0 Å². The van der Waals surface area contributed by atoms with Gasteiger partial charge in [0.05, 0.1) is 18.2 Å². The van der Waals surface area contributed by atoms with E-state index in [1.807, 2.05) is 0 Å². The zero-order valence-electron chi connectivity index (χ0n) is 16.8. The predicted octanol–water partition coefficient (Wildman–Crippen LogP) is 2.87. The van der Waals surface area contributed by atoms with Crippen LogP contribution in [0, 0.1) is 17.5 Å². The first-order valence-electron chi connectivity index (χ1n) is 9.98. The number of aliphatic hydroxyl groups is 1. The van der Waals surface area contributed by atoms with Crippen LogP contribution < -0.4 is 5.73 Å². The molecule has 0 amide bonds. The van der Waals surface area contributed by atoms with E-state index in [9.17, 15) is 18.3 Å². The molecule has 0 aliphatic carbocycles. The van der Waals surface area contributed by atoms with E-state index in [2.05, 4.69) is 15.1 Å². The quantitative estimate of drug-likeness (QED) is 0.499. The number of furan rings is 1. The molecule has 1 saturated heterocycles. The molecule has 1 aliphatic heterocycles. The minimum absolute atomic E-state index is 0.0296. The molecule has 0 atom stereocenters. The molecule has 0 radical (unpaired) electrons. The van der Waals surface area contributed by atoms with Gasteiger partial charge in [-0.25, -0.2) is 27.7 Å². The Morgan fingerprint density at radius 3 is 2.50 bits per heavy atom. The molecular weight excluding hydrogens is 425 g/mol. The van der Waals surface area contributed by atoms with Gasteiger partial charge in [0.15, 0.2) is 17.2 Å². The molecule has 3 N–H and O–H groups in total. The highest BCUT2D eigenvalue weighted by atomic mass is 19.1. The van der Waals surface area contributed by atoms with Crippen molar-refractivity contribution in [2.45, 2.75) is 25.0 Å². The maximum atomic E-state index is 14.0. The minimum Gasteiger partial charge on any atom is -0.461 e. The molecule has 3 aromatic heterocycles. The Kier molecular flexibility index (Phi) is 4.86. The number of aromatic nitrogens is 4. The third-order valence-electron chi connectivity index (χ3n) is 5.73. The SMILES string of the molecule is Nc1nc(C2(O)CCN(Cc3c(F)cc(F)cc3F)CC2)cn2nc(-c3ccco3)nc12. The zero-order chi connectivity index (χ0) is 22.5. The number of likely N-dealkylation sites (tertiary alicyclic amines) is 1. The summed E-state index contributed by atoms with van der Waals surface area (Å²) in [5.41, 5.74) is 5.23. The second kappa shape index (κ2) is 7.61. The summed E-state index contributed by atoms with van der Waals surface area (Å²) in [4.78, 5) is 10.5. The van der Waals surface area contributed by atoms with Gasteiger partial charge in [0.25, 0.3) is 0 Å². The summed E-state index contributed by atoms with van der Waals surface area (Å²) in [7, 11) is 0. The number of nitrogens with zero attached hydrogens (tertiary/aromatic N) is 5. The van der Waals surface area contributed by atoms with Gasteiger partial charge in [-0.2, -0.15) is 0 Å². The first-order chi connectivity index (χ1) is 15.3. The Morgan fingerprint density at radius 1 is 1.12 bits per heavy atom. The van der Waals surface area contributed by atoms with Crippen LogP contribution in [-0.4, -0.2) is 42.7 Å². The summed E-state index contributed by atoms with van der Waals surface area (Å²) in [6.07, 6.45) is 3.60. The maximum absolute atomic E-state index is 14.0. The molecule has 0 saturated carbocycles. The van der Waals surface area contributed by atoms with Gasteiger partial charge < -0.3 is 15.3 Å². The van der Waals surface area contributed by atoms with E-state index in [1.54, 1.807) is 23.2 Å². The Hall–Kier alpha value is -3.44. The number of halogens is 3. The summed E-state index contributed by atoms with van der Waals surface area (Å²) in [5, 5.41) is 15.6. The number of nitrogen functional groups attached to an aromatic ring is 1. The second-order valence-corrected chi connectivity index (χ2v) is 7.85. The van der Waals surface area contributed by atoms with Gasteiger partial charge in [0.1, 0.15) is 23.1 Å². The first-order valence-corrected chi connectivity index (χ1v) is 9.98. The topological polar surface area (TPSA) is 106 Å². The fraction of sp³-hybridized carbons (Fsp3) is 0.286. The highest BCUT2D eigenvalue weighted by Crippen LogP contribution is 2.33. The maximum Gasteiger partial charge on any atom is 0.218 e. The van der Waals surface area contributed by atoms with Crippen molar-refractivity contribution in [1.29, 1.82) is 0 Å². The van der Waals surface area contributed by atoms with Crippen LogP contribution in [0.1, 0.15) is 24.1 Å². The number of anilines is 1. The lowest BCUT2D eigenvalue weighted by atomic mass is 9.88. The number of benzene rings is 1. The van der Waals surface area contributed by atoms with Gasteiger partial charge in [-0.05, 0) is 25.0 Å². The Balaban J connectivity index is 1.36. The van der Waals surface area contributed by atoms with E-state index in [-0.39, 0.29) is 30.8 Å². The molecular formula is C21H19F3N6O2. The molecule has 5 rings (SSSR count). The standard InChI is InChI=1S/C21H19F3N6O2/c22-12-8-14(23)13(15(24)9-12)10-29-5-3-21(31,4-6-29)17-11-30-20(18(25)26-17)27-19(28-30)16-2-1-7-32-16/h1-2,7-9,11,31H,3-6,10H2,(H2,25,26). The van der Waals surface area contributed by atoms with Crippen molar-refractivity contribution >= 4 is 11.5 Å². The highest BCUT2D eigenvalue weighted by Gasteiger charge is 2.36. The van der Waals surface area contributed by atoms with Gasteiger partial charge in [-0.1, -0.05) is 0 Å². The van der Waals surface area contributed by atoms with Crippen LogP contribution >= 0.6 is 0 Å². The van der Waals surface area contributed by atoms with Crippen molar-refractivity contribution in [3.05, 3.63) is 65.4 Å². The largest absolute Gasteiger partial charge is 0.461 e. The molecule has 166 valence electrons. The third-order valence-corrected chi connectivity index (χ3v) is 5.73. The number of rotatable bonds is 4. The van der Waals surface area contributed by atoms with E-state index < -0.39 is 23.1 Å². The van der Waals surface area contributed by atoms with E-state index in [0.29, 0.717) is 48.1 Å². The molecule has 4 heterocycles. The van der Waals surface area contributed by atoms with Crippen LogP contribution in [0.15, 0.2) is 41.1 Å². The monoisotopic (exact) mass is 444 g/mol. The average molecular weight is 444 g/mol. The Labute approximate surface area is 180 Å². The highest BCUT2D eigenvalue weighted by molar-refractivity contribution is 5.63. The first kappa shape index (κ1) is 20.5. The zero-order valence-corrected chi connectivity index (χ0v) is 16.8. The molecule has 0 spiro atoms. The smallest absolute Gasteiger partial charge is 0.218 e. The van der Waals surface area contributed by atoms with Crippen molar-refractivity contribution < 1.29 is 22.7 Å². The molecule has 32 heavy (non-hydrogen) atoms. The fourth-order valence-corrected chi connectivity index (χ4v) is 3.93. The van der Waals surface area contributed by atoms with E-state index in [4.69, 9.17) is 10.2 Å². The molecule has 1 aliphatic rings. The van der Waals surface area contributed by atoms with E-state index >= 15 is 0 Å². The van der Waals surface area contributed by atoms with Crippen LogP contribution in [0.25, 0.3) is 17.2 Å². The van der Waals surface area contributed by atoms with Crippen molar-refractivity contribution in [3.63, 3.8) is 0 Å². The average Bonchev–Trinajstić information content (AvgIpc) is 3.42. The summed E-state index contributed by atoms with van der Waals surface area (Å²) >= 11 is 0. The molecule has 0 bridgehead atoms. The van der Waals surface area contributed by atoms with Crippen molar-refractivity contribution in [3.8, 4) is 11.6 Å². The second-order valence-electron chi connectivity index (χ2n) is 7.85. The van der Waals surface area contributed by atoms with Gasteiger partial charge in [0, 0.05) is 37.3 Å². The summed E-state index contributed by atoms with van der Waals surface area (Å²) < 4.78 is 47.9. The van der Waals surface area contributed by atoms with Crippen LogP contribution in [0.5, 0.6) is 0 Å². The molecule has 11 heteroatoms. The molecule has 0 unspecified atom stereocenters. The molecule has 4 aromatic rings. The van der Waals surface area contributed by atoms with E-state index in [0.717, 1.165) is 0 Å². The van der Waals surface area contributed by atoms with Crippen LogP contribution in [0.2, 0.25) is 0 Å². The lowest BCUT2D eigenvalue weighted by Gasteiger charge is -2.37. The van der Waals surface area contributed by atoms with Gasteiger partial charge in [0.2, 0.25) is 5.82 Å². The fourth-order valence-electron chi connectivity index (χ4n) is 3.93. The Morgan fingerprint density at radius 2 is 1.84 bits per heavy atom. The molecule has 1 aromatic carbocycles.